The number of benzene rings is 1. The maximum absolute atomic E-state index is 11.7. The van der Waals surface area contributed by atoms with E-state index < -0.39 is 4.92 Å². The van der Waals surface area contributed by atoms with Crippen LogP contribution in [-0.4, -0.2) is 17.3 Å². The molecule has 0 saturated heterocycles. The number of nitro groups is 1. The summed E-state index contributed by atoms with van der Waals surface area (Å²) in [5, 5.41) is 14.0. The molecular weight excluding hydrogens is 272 g/mol. The van der Waals surface area contributed by atoms with Crippen molar-refractivity contribution >= 4 is 17.2 Å². The Bertz CT molecular complexity index is 581. The van der Waals surface area contributed by atoms with E-state index in [1.54, 1.807) is 18.3 Å². The summed E-state index contributed by atoms with van der Waals surface area (Å²) >= 11 is 0. The molecule has 0 aromatic heterocycles. The summed E-state index contributed by atoms with van der Waals surface area (Å²) in [5.41, 5.74) is 0.986. The van der Waals surface area contributed by atoms with Crippen LogP contribution in [0.5, 0.6) is 5.75 Å². The van der Waals surface area contributed by atoms with Crippen molar-refractivity contribution in [2.75, 3.05) is 11.9 Å². The third-order valence-corrected chi connectivity index (χ3v) is 3.34. The zero-order valence-corrected chi connectivity index (χ0v) is 11.9. The lowest BCUT2D eigenvalue weighted by atomic mass is 9.94. The van der Waals surface area contributed by atoms with E-state index in [1.807, 2.05) is 6.92 Å². The van der Waals surface area contributed by atoms with Crippen LogP contribution in [0.25, 0.3) is 0 Å². The van der Waals surface area contributed by atoms with Crippen LogP contribution in [0.15, 0.2) is 30.0 Å². The second-order valence-electron chi connectivity index (χ2n) is 4.81. The Morgan fingerprint density at radius 2 is 2.14 bits per heavy atom. The van der Waals surface area contributed by atoms with E-state index in [1.165, 1.54) is 6.07 Å². The van der Waals surface area contributed by atoms with Gasteiger partial charge in [0.15, 0.2) is 5.78 Å². The van der Waals surface area contributed by atoms with Crippen LogP contribution in [0.1, 0.15) is 32.6 Å². The molecule has 1 aromatic rings. The standard InChI is InChI=1S/C15H18N2O4/c1-2-21-12-7-8-13(14(9-12)17(19)20)16-10-11-5-3-4-6-15(11)18/h7-10,16H,2-6H2,1H3. The summed E-state index contributed by atoms with van der Waals surface area (Å²) in [5.74, 6) is 0.568. The van der Waals surface area contributed by atoms with Gasteiger partial charge in [0, 0.05) is 18.2 Å². The van der Waals surface area contributed by atoms with E-state index in [4.69, 9.17) is 4.74 Å². The van der Waals surface area contributed by atoms with Gasteiger partial charge in [-0.25, -0.2) is 0 Å². The summed E-state index contributed by atoms with van der Waals surface area (Å²) in [6, 6.07) is 4.64. The molecule has 112 valence electrons. The molecular formula is C15H18N2O4. The van der Waals surface area contributed by atoms with Gasteiger partial charge in [0.2, 0.25) is 0 Å². The Morgan fingerprint density at radius 3 is 2.81 bits per heavy atom. The minimum absolute atomic E-state index is 0.0685. The van der Waals surface area contributed by atoms with Gasteiger partial charge in [-0.05, 0) is 38.3 Å². The summed E-state index contributed by atoms with van der Waals surface area (Å²) in [7, 11) is 0. The van der Waals surface area contributed by atoms with Crippen LogP contribution in [0.3, 0.4) is 0 Å². The Hall–Kier alpha value is -2.37. The lowest BCUT2D eigenvalue weighted by Gasteiger charge is -2.13. The lowest BCUT2D eigenvalue weighted by Crippen LogP contribution is -2.10. The van der Waals surface area contributed by atoms with Crippen molar-refractivity contribution in [2.24, 2.45) is 0 Å². The first kappa shape index (κ1) is 15.0. The van der Waals surface area contributed by atoms with Crippen molar-refractivity contribution in [3.8, 4) is 5.75 Å². The van der Waals surface area contributed by atoms with E-state index in [9.17, 15) is 14.9 Å². The number of carbonyl (C=O) groups is 1. The first-order valence-electron chi connectivity index (χ1n) is 7.02. The number of nitrogens with one attached hydrogen (secondary N) is 1. The number of ether oxygens (including phenoxy) is 1. The maximum Gasteiger partial charge on any atom is 0.296 e. The van der Waals surface area contributed by atoms with Crippen molar-refractivity contribution in [1.82, 2.24) is 0 Å². The van der Waals surface area contributed by atoms with Gasteiger partial charge < -0.3 is 10.1 Å². The van der Waals surface area contributed by atoms with Gasteiger partial charge in [-0.1, -0.05) is 0 Å². The van der Waals surface area contributed by atoms with Gasteiger partial charge in [-0.15, -0.1) is 0 Å². The second kappa shape index (κ2) is 6.88. The summed E-state index contributed by atoms with van der Waals surface area (Å²) in [4.78, 5) is 22.4. The molecule has 1 fully saturated rings. The van der Waals surface area contributed by atoms with Crippen molar-refractivity contribution < 1.29 is 14.5 Å². The van der Waals surface area contributed by atoms with E-state index in [0.29, 0.717) is 30.0 Å². The first-order valence-corrected chi connectivity index (χ1v) is 7.02. The molecule has 1 aromatic carbocycles. The number of hydrogen-bond acceptors (Lipinski definition) is 5. The molecule has 0 unspecified atom stereocenters. The second-order valence-corrected chi connectivity index (χ2v) is 4.81. The molecule has 1 aliphatic rings. The van der Waals surface area contributed by atoms with Gasteiger partial charge in [-0.2, -0.15) is 0 Å². The molecule has 6 heteroatoms. The molecule has 0 bridgehead atoms. The van der Waals surface area contributed by atoms with Crippen LogP contribution in [0.2, 0.25) is 0 Å². The van der Waals surface area contributed by atoms with Crippen LogP contribution < -0.4 is 10.1 Å². The predicted molar refractivity (Wildman–Crippen MR) is 79.4 cm³/mol. The molecule has 2 rings (SSSR count). The van der Waals surface area contributed by atoms with E-state index in [-0.39, 0.29) is 11.5 Å². The minimum atomic E-state index is -0.466. The third kappa shape index (κ3) is 3.81. The molecule has 21 heavy (non-hydrogen) atoms. The van der Waals surface area contributed by atoms with Crippen molar-refractivity contribution in [1.29, 1.82) is 0 Å². The Kier molecular flexibility index (Phi) is 4.92. The molecule has 0 aliphatic heterocycles. The monoisotopic (exact) mass is 290 g/mol. The van der Waals surface area contributed by atoms with Gasteiger partial charge in [0.05, 0.1) is 17.6 Å². The van der Waals surface area contributed by atoms with Crippen LogP contribution in [0, 0.1) is 10.1 Å². The molecule has 0 heterocycles. The molecule has 0 radical (unpaired) electrons. The highest BCUT2D eigenvalue weighted by atomic mass is 16.6. The highest BCUT2D eigenvalue weighted by molar-refractivity contribution is 5.96. The fourth-order valence-electron chi connectivity index (χ4n) is 2.26. The predicted octanol–water partition coefficient (Wildman–Crippen LogP) is 3.43. The summed E-state index contributed by atoms with van der Waals surface area (Å²) < 4.78 is 5.26. The number of nitro benzene ring substituents is 1. The third-order valence-electron chi connectivity index (χ3n) is 3.34. The molecule has 0 amide bonds. The van der Waals surface area contributed by atoms with Gasteiger partial charge in [0.25, 0.3) is 5.69 Å². The van der Waals surface area contributed by atoms with Gasteiger partial charge >= 0.3 is 0 Å². The highest BCUT2D eigenvalue weighted by Gasteiger charge is 2.17. The number of allylic oxidation sites excluding steroid dienone is 1. The van der Waals surface area contributed by atoms with E-state index >= 15 is 0 Å². The average Bonchev–Trinajstić information content (AvgIpc) is 2.47. The number of carbonyl (C=O) groups excluding carboxylic acids is 1. The largest absolute Gasteiger partial charge is 0.494 e. The molecule has 0 atom stereocenters. The minimum Gasteiger partial charge on any atom is -0.494 e. The SMILES string of the molecule is CCOc1ccc(NC=C2CCCCC2=O)c([N+](=O)[O-])c1. The molecule has 1 saturated carbocycles. The smallest absolute Gasteiger partial charge is 0.296 e. The Balaban J connectivity index is 2.20. The Labute approximate surface area is 122 Å². The number of rotatable bonds is 5. The zero-order chi connectivity index (χ0) is 15.2. The first-order chi connectivity index (χ1) is 10.1. The quantitative estimate of drug-likeness (QED) is 0.510. The summed E-state index contributed by atoms with van der Waals surface area (Å²) in [6.07, 6.45) is 4.75. The number of ketones is 1. The normalized spacial score (nSPS) is 16.8. The molecule has 1 N–H and O–H groups in total. The maximum atomic E-state index is 11.7. The molecule has 1 aliphatic carbocycles. The van der Waals surface area contributed by atoms with E-state index in [2.05, 4.69) is 5.32 Å². The van der Waals surface area contributed by atoms with Crippen molar-refractivity contribution in [2.45, 2.75) is 32.6 Å². The molecule has 6 nitrogen and oxygen atoms in total. The van der Waals surface area contributed by atoms with Crippen molar-refractivity contribution in [3.63, 3.8) is 0 Å². The van der Waals surface area contributed by atoms with Crippen LogP contribution in [0.4, 0.5) is 11.4 Å². The van der Waals surface area contributed by atoms with E-state index in [0.717, 1.165) is 19.3 Å². The number of anilines is 1. The fraction of sp³-hybridized carbons (Fsp3) is 0.400. The van der Waals surface area contributed by atoms with Gasteiger partial charge in [0.1, 0.15) is 11.4 Å². The summed E-state index contributed by atoms with van der Waals surface area (Å²) in [6.45, 7) is 2.26. The lowest BCUT2D eigenvalue weighted by molar-refractivity contribution is -0.384. The van der Waals surface area contributed by atoms with Crippen LogP contribution >= 0.6 is 0 Å². The zero-order valence-electron chi connectivity index (χ0n) is 11.9. The van der Waals surface area contributed by atoms with Gasteiger partial charge in [-0.3, -0.25) is 14.9 Å². The fourth-order valence-corrected chi connectivity index (χ4v) is 2.26. The Morgan fingerprint density at radius 1 is 1.38 bits per heavy atom. The highest BCUT2D eigenvalue weighted by Crippen LogP contribution is 2.30. The number of nitrogens with zero attached hydrogens (tertiary/aromatic N) is 1. The molecule has 0 spiro atoms. The number of Topliss-reactive ketones (excluding diaryl/α,β-unsaturated/α-hetero) is 1. The average molecular weight is 290 g/mol. The topological polar surface area (TPSA) is 81.5 Å². The van der Waals surface area contributed by atoms with Crippen molar-refractivity contribution in [3.05, 3.63) is 40.1 Å². The number of hydrogen-bond donors (Lipinski definition) is 1. The van der Waals surface area contributed by atoms with Crippen LogP contribution in [-0.2, 0) is 4.79 Å².